The van der Waals surface area contributed by atoms with Crippen LogP contribution < -0.4 is 15.4 Å². The summed E-state index contributed by atoms with van der Waals surface area (Å²) in [5.74, 6) is 1.05. The van der Waals surface area contributed by atoms with Crippen LogP contribution in [0.25, 0.3) is 22.2 Å². The molecule has 1 aliphatic rings. The van der Waals surface area contributed by atoms with E-state index in [1.165, 1.54) is 18.5 Å². The number of halogens is 1. The minimum Gasteiger partial charge on any atom is -0.497 e. The van der Waals surface area contributed by atoms with E-state index in [0.717, 1.165) is 41.6 Å². The molecule has 33 heavy (non-hydrogen) atoms. The highest BCUT2D eigenvalue weighted by molar-refractivity contribution is 5.84. The van der Waals surface area contributed by atoms with Crippen LogP contribution in [-0.4, -0.2) is 28.6 Å². The van der Waals surface area contributed by atoms with Gasteiger partial charge in [0.15, 0.2) is 5.82 Å². The number of hydrogen-bond acceptors (Lipinski definition) is 7. The summed E-state index contributed by atoms with van der Waals surface area (Å²) in [7, 11) is 1.62. The van der Waals surface area contributed by atoms with E-state index in [0.29, 0.717) is 17.1 Å². The Morgan fingerprint density at radius 2 is 2.06 bits per heavy atom. The molecular formula is C25H21FN6O. The number of nitrogen functional groups attached to an aromatic ring is 1. The van der Waals surface area contributed by atoms with Gasteiger partial charge in [-0.25, -0.2) is 19.3 Å². The molecule has 1 unspecified atom stereocenters. The number of anilines is 2. The van der Waals surface area contributed by atoms with E-state index >= 15 is 0 Å². The van der Waals surface area contributed by atoms with Crippen molar-refractivity contribution in [3.05, 3.63) is 71.8 Å². The van der Waals surface area contributed by atoms with E-state index in [1.54, 1.807) is 13.2 Å². The van der Waals surface area contributed by atoms with Crippen LogP contribution in [0.2, 0.25) is 0 Å². The molecule has 2 aromatic heterocycles. The summed E-state index contributed by atoms with van der Waals surface area (Å²) in [6, 6.07) is 16.4. The molecule has 1 fully saturated rings. The zero-order valence-corrected chi connectivity index (χ0v) is 18.0. The number of nitrogens with zero attached hydrogens (tertiary/aromatic N) is 5. The van der Waals surface area contributed by atoms with Crippen LogP contribution in [0.3, 0.4) is 0 Å². The maximum atomic E-state index is 14.0. The van der Waals surface area contributed by atoms with Crippen molar-refractivity contribution in [2.75, 3.05) is 24.3 Å². The summed E-state index contributed by atoms with van der Waals surface area (Å²) in [4.78, 5) is 15.3. The molecule has 0 spiro atoms. The summed E-state index contributed by atoms with van der Waals surface area (Å²) in [5.41, 5.74) is 9.38. The SMILES string of the molecule is COc1cccc(-c2nc3cc(F)ccc3cc2C2CCCN2c2ncnc(N)c2C#N)c1. The lowest BCUT2D eigenvalue weighted by Gasteiger charge is -2.28. The number of ether oxygens (including phenoxy) is 1. The average molecular weight is 440 g/mol. The van der Waals surface area contributed by atoms with Gasteiger partial charge >= 0.3 is 0 Å². The Morgan fingerprint density at radius 3 is 2.88 bits per heavy atom. The van der Waals surface area contributed by atoms with E-state index in [1.807, 2.05) is 24.3 Å². The maximum absolute atomic E-state index is 14.0. The molecule has 1 saturated heterocycles. The predicted octanol–water partition coefficient (Wildman–Crippen LogP) is 4.63. The number of nitrogens with two attached hydrogens (primary N) is 1. The van der Waals surface area contributed by atoms with Gasteiger partial charge in [-0.1, -0.05) is 12.1 Å². The van der Waals surface area contributed by atoms with E-state index in [-0.39, 0.29) is 23.2 Å². The topological polar surface area (TPSA) is 101 Å². The molecular weight excluding hydrogens is 419 g/mol. The number of aromatic nitrogens is 3. The molecule has 5 rings (SSSR count). The van der Waals surface area contributed by atoms with Crippen molar-refractivity contribution in [3.8, 4) is 23.1 Å². The molecule has 1 atom stereocenters. The first-order chi connectivity index (χ1) is 16.1. The van der Waals surface area contributed by atoms with Gasteiger partial charge in [0, 0.05) is 29.1 Å². The predicted molar refractivity (Wildman–Crippen MR) is 124 cm³/mol. The highest BCUT2D eigenvalue weighted by Gasteiger charge is 2.32. The highest BCUT2D eigenvalue weighted by atomic mass is 19.1. The van der Waals surface area contributed by atoms with Gasteiger partial charge in [-0.2, -0.15) is 5.26 Å². The van der Waals surface area contributed by atoms with Gasteiger partial charge in [0.2, 0.25) is 0 Å². The van der Waals surface area contributed by atoms with Crippen molar-refractivity contribution in [3.63, 3.8) is 0 Å². The third kappa shape index (κ3) is 3.68. The lowest BCUT2D eigenvalue weighted by Crippen LogP contribution is -2.25. The molecule has 3 heterocycles. The number of benzene rings is 2. The number of hydrogen-bond donors (Lipinski definition) is 1. The molecule has 0 bridgehead atoms. The van der Waals surface area contributed by atoms with Gasteiger partial charge in [0.05, 0.1) is 24.4 Å². The monoisotopic (exact) mass is 440 g/mol. The number of rotatable bonds is 4. The van der Waals surface area contributed by atoms with Crippen LogP contribution in [0, 0.1) is 17.1 Å². The summed E-state index contributed by atoms with van der Waals surface area (Å²) in [6.07, 6.45) is 3.14. The molecule has 1 aliphatic heterocycles. The quantitative estimate of drug-likeness (QED) is 0.493. The third-order valence-electron chi connectivity index (χ3n) is 6.00. The molecule has 4 aromatic rings. The van der Waals surface area contributed by atoms with Crippen LogP contribution in [0.4, 0.5) is 16.0 Å². The highest BCUT2D eigenvalue weighted by Crippen LogP contribution is 2.42. The fourth-order valence-corrected chi connectivity index (χ4v) is 4.47. The molecule has 0 saturated carbocycles. The van der Waals surface area contributed by atoms with Crippen molar-refractivity contribution in [2.24, 2.45) is 0 Å². The Labute approximate surface area is 190 Å². The minimum absolute atomic E-state index is 0.0884. The molecule has 164 valence electrons. The van der Waals surface area contributed by atoms with Gasteiger partial charge in [0.1, 0.15) is 35.3 Å². The first kappa shape index (κ1) is 20.6. The number of fused-ring (bicyclic) bond motifs is 1. The first-order valence-electron chi connectivity index (χ1n) is 10.6. The molecule has 0 amide bonds. The average Bonchev–Trinajstić information content (AvgIpc) is 3.32. The van der Waals surface area contributed by atoms with Crippen molar-refractivity contribution < 1.29 is 9.13 Å². The first-order valence-corrected chi connectivity index (χ1v) is 10.6. The van der Waals surface area contributed by atoms with E-state index in [9.17, 15) is 9.65 Å². The molecule has 8 heteroatoms. The van der Waals surface area contributed by atoms with Gasteiger partial charge in [-0.05, 0) is 43.2 Å². The van der Waals surface area contributed by atoms with Gasteiger partial charge < -0.3 is 15.4 Å². The van der Waals surface area contributed by atoms with Crippen LogP contribution in [0.5, 0.6) is 5.75 Å². The Kier molecular flexibility index (Phi) is 5.23. The van der Waals surface area contributed by atoms with Crippen LogP contribution in [-0.2, 0) is 0 Å². The summed E-state index contributed by atoms with van der Waals surface area (Å²) < 4.78 is 19.4. The largest absolute Gasteiger partial charge is 0.497 e. The standard InChI is InChI=1S/C25H21FN6O/c1-33-18-5-2-4-16(10-18)23-19(11-15-7-8-17(26)12-21(15)31-23)22-6-3-9-32(22)25-20(13-27)24(28)29-14-30-25/h2,4-5,7-8,10-12,14,22H,3,6,9H2,1H3,(H2,28,29,30). The second-order valence-electron chi connectivity index (χ2n) is 7.92. The summed E-state index contributed by atoms with van der Waals surface area (Å²) in [5, 5.41) is 10.5. The molecule has 0 aliphatic carbocycles. The molecule has 7 nitrogen and oxygen atoms in total. The molecule has 0 radical (unpaired) electrons. The Balaban J connectivity index is 1.72. The van der Waals surface area contributed by atoms with Crippen molar-refractivity contribution in [1.82, 2.24) is 15.0 Å². The fraction of sp³-hybridized carbons (Fsp3) is 0.200. The van der Waals surface area contributed by atoms with E-state index in [2.05, 4.69) is 27.0 Å². The number of methoxy groups -OCH3 is 1. The molecule has 2 aromatic carbocycles. The van der Waals surface area contributed by atoms with Crippen molar-refractivity contribution >= 4 is 22.5 Å². The summed E-state index contributed by atoms with van der Waals surface area (Å²) in [6.45, 7) is 0.717. The Hall–Kier alpha value is -4.25. The minimum atomic E-state index is -0.336. The van der Waals surface area contributed by atoms with Crippen molar-refractivity contribution in [2.45, 2.75) is 18.9 Å². The zero-order chi connectivity index (χ0) is 22.9. The van der Waals surface area contributed by atoms with Gasteiger partial charge in [0.25, 0.3) is 0 Å². The van der Waals surface area contributed by atoms with E-state index in [4.69, 9.17) is 15.5 Å². The fourth-order valence-electron chi connectivity index (χ4n) is 4.47. The Bertz CT molecular complexity index is 1400. The normalized spacial score (nSPS) is 15.5. The van der Waals surface area contributed by atoms with Crippen LogP contribution in [0.1, 0.15) is 30.0 Å². The van der Waals surface area contributed by atoms with Crippen LogP contribution >= 0.6 is 0 Å². The second-order valence-corrected chi connectivity index (χ2v) is 7.92. The smallest absolute Gasteiger partial charge is 0.152 e. The number of nitriles is 1. The van der Waals surface area contributed by atoms with Gasteiger partial charge in [-0.15, -0.1) is 0 Å². The lowest BCUT2D eigenvalue weighted by atomic mass is 9.96. The third-order valence-corrected chi connectivity index (χ3v) is 6.00. The second kappa shape index (κ2) is 8.36. The lowest BCUT2D eigenvalue weighted by molar-refractivity contribution is 0.415. The number of pyridine rings is 1. The maximum Gasteiger partial charge on any atom is 0.152 e. The zero-order valence-electron chi connectivity index (χ0n) is 18.0. The molecule has 2 N–H and O–H groups in total. The summed E-state index contributed by atoms with van der Waals surface area (Å²) >= 11 is 0. The van der Waals surface area contributed by atoms with E-state index < -0.39 is 0 Å². The van der Waals surface area contributed by atoms with Crippen molar-refractivity contribution in [1.29, 1.82) is 5.26 Å². The van der Waals surface area contributed by atoms with Crippen LogP contribution in [0.15, 0.2) is 54.9 Å². The van der Waals surface area contributed by atoms with Gasteiger partial charge in [-0.3, -0.25) is 0 Å². The Morgan fingerprint density at radius 1 is 1.18 bits per heavy atom.